The van der Waals surface area contributed by atoms with Crippen molar-refractivity contribution in [2.75, 3.05) is 6.54 Å². The minimum Gasteiger partial charge on any atom is -0.418 e. The molecule has 1 atom stereocenters. The van der Waals surface area contributed by atoms with Crippen molar-refractivity contribution in [2.45, 2.75) is 51.3 Å². The van der Waals surface area contributed by atoms with Crippen LogP contribution in [0.1, 0.15) is 40.0 Å². The van der Waals surface area contributed by atoms with E-state index in [-0.39, 0.29) is 11.3 Å². The van der Waals surface area contributed by atoms with Crippen molar-refractivity contribution in [1.29, 1.82) is 0 Å². The van der Waals surface area contributed by atoms with E-state index in [9.17, 15) is 0 Å². The highest BCUT2D eigenvalue weighted by Crippen LogP contribution is 2.16. The summed E-state index contributed by atoms with van der Waals surface area (Å²) in [5.41, 5.74) is 11.4. The van der Waals surface area contributed by atoms with Crippen molar-refractivity contribution in [3.63, 3.8) is 0 Å². The summed E-state index contributed by atoms with van der Waals surface area (Å²) >= 11 is 0. The van der Waals surface area contributed by atoms with Crippen molar-refractivity contribution in [1.82, 2.24) is 0 Å². The van der Waals surface area contributed by atoms with Gasteiger partial charge in [-0.15, -0.1) is 0 Å². The topological polar surface area (TPSA) is 61.3 Å². The fourth-order valence-electron chi connectivity index (χ4n) is 1.12. The van der Waals surface area contributed by atoms with Crippen LogP contribution in [0.3, 0.4) is 0 Å². The van der Waals surface area contributed by atoms with E-state index in [2.05, 4.69) is 13.8 Å². The molecule has 3 nitrogen and oxygen atoms in total. The Morgan fingerprint density at radius 3 is 2.46 bits per heavy atom. The van der Waals surface area contributed by atoms with Crippen molar-refractivity contribution < 1.29 is 4.43 Å². The molecular weight excluding hydrogens is 180 g/mol. The summed E-state index contributed by atoms with van der Waals surface area (Å²) in [5, 5.41) is 0. The molecular formula is C9H24N2OSi. The summed E-state index contributed by atoms with van der Waals surface area (Å²) in [6.45, 7) is 7.07. The molecule has 0 radical (unpaired) electrons. The van der Waals surface area contributed by atoms with Gasteiger partial charge in [-0.3, -0.25) is 0 Å². The van der Waals surface area contributed by atoms with Crippen molar-refractivity contribution >= 4 is 9.76 Å². The van der Waals surface area contributed by atoms with Crippen molar-refractivity contribution in [3.8, 4) is 0 Å². The third kappa shape index (κ3) is 8.43. The molecule has 0 aliphatic rings. The van der Waals surface area contributed by atoms with Crippen LogP contribution in [0.4, 0.5) is 0 Å². The lowest BCUT2D eigenvalue weighted by atomic mass is 10.0. The second-order valence-electron chi connectivity index (χ2n) is 4.29. The Balaban J connectivity index is 3.54. The van der Waals surface area contributed by atoms with E-state index in [1.54, 1.807) is 0 Å². The number of rotatable bonds is 7. The van der Waals surface area contributed by atoms with Gasteiger partial charge >= 0.3 is 0 Å². The zero-order valence-electron chi connectivity index (χ0n) is 9.18. The highest BCUT2D eigenvalue weighted by atomic mass is 28.2. The lowest BCUT2D eigenvalue weighted by Gasteiger charge is -2.26. The summed E-state index contributed by atoms with van der Waals surface area (Å²) in [4.78, 5) is 0. The SMILES string of the molecule is CC(N)[SiH2]OC(C)(C)CCCCN. The Labute approximate surface area is 84.1 Å². The summed E-state index contributed by atoms with van der Waals surface area (Å²) in [6.07, 6.45) is 3.33. The molecule has 0 aromatic carbocycles. The third-order valence-corrected chi connectivity index (χ3v) is 3.44. The monoisotopic (exact) mass is 204 g/mol. The lowest BCUT2D eigenvalue weighted by molar-refractivity contribution is 0.100. The first-order chi connectivity index (χ1) is 5.98. The van der Waals surface area contributed by atoms with Gasteiger partial charge in [0.2, 0.25) is 0 Å². The molecule has 0 aliphatic carbocycles. The molecule has 4 N–H and O–H groups in total. The molecule has 0 aromatic rings. The Hall–Kier alpha value is 0.0969. The Morgan fingerprint density at radius 1 is 1.38 bits per heavy atom. The molecule has 4 heteroatoms. The predicted molar refractivity (Wildman–Crippen MR) is 60.3 cm³/mol. The molecule has 0 fully saturated rings. The Kier molecular flexibility index (Phi) is 6.58. The summed E-state index contributed by atoms with van der Waals surface area (Å²) in [5.74, 6) is 0. The first-order valence-corrected chi connectivity index (χ1v) is 6.47. The number of nitrogens with two attached hydrogens (primary N) is 2. The zero-order valence-corrected chi connectivity index (χ0v) is 10.6. The van der Waals surface area contributed by atoms with Gasteiger partial charge in [0.05, 0.1) is 0 Å². The van der Waals surface area contributed by atoms with E-state index in [1.807, 2.05) is 6.92 Å². The predicted octanol–water partition coefficient (Wildman–Crippen LogP) is 0.299. The van der Waals surface area contributed by atoms with Crippen LogP contribution in [-0.4, -0.2) is 27.6 Å². The lowest BCUT2D eigenvalue weighted by Crippen LogP contribution is -2.34. The van der Waals surface area contributed by atoms with Crippen LogP contribution in [0.5, 0.6) is 0 Å². The van der Waals surface area contributed by atoms with Crippen LogP contribution in [0.15, 0.2) is 0 Å². The van der Waals surface area contributed by atoms with Crippen molar-refractivity contribution in [3.05, 3.63) is 0 Å². The van der Waals surface area contributed by atoms with Gasteiger partial charge in [0.25, 0.3) is 0 Å². The molecule has 0 bridgehead atoms. The standard InChI is InChI=1S/C9H24N2OSi/c1-8(11)13-12-9(2,3)6-4-5-7-10/h8H,4-7,10-11,13H2,1-3H3. The van der Waals surface area contributed by atoms with E-state index in [0.29, 0.717) is 0 Å². The van der Waals surface area contributed by atoms with Gasteiger partial charge in [-0.25, -0.2) is 0 Å². The molecule has 13 heavy (non-hydrogen) atoms. The highest BCUT2D eigenvalue weighted by molar-refractivity contribution is 6.29. The summed E-state index contributed by atoms with van der Waals surface area (Å²) < 4.78 is 5.81. The molecule has 0 saturated heterocycles. The van der Waals surface area contributed by atoms with Crippen LogP contribution < -0.4 is 11.5 Å². The van der Waals surface area contributed by atoms with Crippen LogP contribution in [0.25, 0.3) is 0 Å². The van der Waals surface area contributed by atoms with Gasteiger partial charge < -0.3 is 15.9 Å². The van der Waals surface area contributed by atoms with Gasteiger partial charge in [0.1, 0.15) is 0 Å². The van der Waals surface area contributed by atoms with E-state index in [0.717, 1.165) is 25.8 Å². The third-order valence-electron chi connectivity index (χ3n) is 1.97. The molecule has 1 unspecified atom stereocenters. The minimum absolute atomic E-state index is 0.00895. The van der Waals surface area contributed by atoms with E-state index in [1.165, 1.54) is 0 Å². The zero-order chi connectivity index (χ0) is 10.3. The van der Waals surface area contributed by atoms with Crippen LogP contribution in [0.2, 0.25) is 0 Å². The first-order valence-electron chi connectivity index (χ1n) is 5.07. The second-order valence-corrected chi connectivity index (χ2v) is 6.20. The van der Waals surface area contributed by atoms with Gasteiger partial charge in [0, 0.05) is 11.3 Å². The van der Waals surface area contributed by atoms with Gasteiger partial charge in [-0.05, 0) is 39.7 Å². The number of unbranched alkanes of at least 4 members (excludes halogenated alkanes) is 1. The highest BCUT2D eigenvalue weighted by Gasteiger charge is 2.17. The molecule has 0 saturated carbocycles. The van der Waals surface area contributed by atoms with Crippen LogP contribution >= 0.6 is 0 Å². The minimum atomic E-state index is -0.546. The van der Waals surface area contributed by atoms with Gasteiger partial charge in [-0.1, -0.05) is 6.92 Å². The van der Waals surface area contributed by atoms with Crippen molar-refractivity contribution in [2.24, 2.45) is 11.5 Å². The van der Waals surface area contributed by atoms with Gasteiger partial charge in [0.15, 0.2) is 9.76 Å². The fourth-order valence-corrected chi connectivity index (χ4v) is 1.98. The van der Waals surface area contributed by atoms with E-state index in [4.69, 9.17) is 15.9 Å². The maximum atomic E-state index is 5.81. The first kappa shape index (κ1) is 13.1. The number of hydrogen-bond acceptors (Lipinski definition) is 3. The molecule has 0 heterocycles. The quantitative estimate of drug-likeness (QED) is 0.463. The van der Waals surface area contributed by atoms with Crippen LogP contribution in [-0.2, 0) is 4.43 Å². The average molecular weight is 204 g/mol. The summed E-state index contributed by atoms with van der Waals surface area (Å²) in [6, 6.07) is 0. The molecule has 0 rings (SSSR count). The smallest absolute Gasteiger partial charge is 0.178 e. The second kappa shape index (κ2) is 6.54. The Morgan fingerprint density at radius 2 is 2.00 bits per heavy atom. The number of hydrogen-bond donors (Lipinski definition) is 2. The molecule has 80 valence electrons. The normalized spacial score (nSPS) is 15.5. The van der Waals surface area contributed by atoms with Gasteiger partial charge in [-0.2, -0.15) is 0 Å². The van der Waals surface area contributed by atoms with E-state index < -0.39 is 9.76 Å². The average Bonchev–Trinajstić information content (AvgIpc) is 2.02. The Bertz CT molecular complexity index is 129. The maximum Gasteiger partial charge on any atom is 0.178 e. The molecule has 0 spiro atoms. The van der Waals surface area contributed by atoms with Crippen LogP contribution in [0, 0.1) is 0 Å². The molecule has 0 aliphatic heterocycles. The molecule has 0 amide bonds. The fraction of sp³-hybridized carbons (Fsp3) is 1.00. The summed E-state index contributed by atoms with van der Waals surface area (Å²) in [7, 11) is -0.546. The maximum absolute atomic E-state index is 5.81. The molecule has 0 aromatic heterocycles. The largest absolute Gasteiger partial charge is 0.418 e. The van der Waals surface area contributed by atoms with E-state index >= 15 is 0 Å².